The zero-order valence-electron chi connectivity index (χ0n) is 15.0. The Kier molecular flexibility index (Phi) is 8.08. The highest BCUT2D eigenvalue weighted by atomic mass is 79.9. The number of carboxylic acid groups (broad SMARTS) is 1. The van der Waals surface area contributed by atoms with Crippen LogP contribution in [0, 0.1) is 0 Å². The fourth-order valence-electron chi connectivity index (χ4n) is 1.66. The largest absolute Gasteiger partial charge is 0.476 e. The number of nitrogens with two attached hydrogens (primary N) is 2. The molecule has 0 spiro atoms. The molecule has 17 heteroatoms. The van der Waals surface area contributed by atoms with Crippen molar-refractivity contribution in [2.75, 3.05) is 18.1 Å². The van der Waals surface area contributed by atoms with Gasteiger partial charge in [0.2, 0.25) is 0 Å². The molecule has 0 aromatic carbocycles. The molecular formula is C14H11BrF6N6O4. The lowest BCUT2D eigenvalue weighted by Gasteiger charge is -2.08. The van der Waals surface area contributed by atoms with E-state index in [9.17, 15) is 35.9 Å². The van der Waals surface area contributed by atoms with Crippen LogP contribution in [0.1, 0.15) is 39.3 Å². The summed E-state index contributed by atoms with van der Waals surface area (Å²) in [7, 11) is 0. The van der Waals surface area contributed by atoms with Crippen LogP contribution < -0.4 is 11.5 Å². The van der Waals surface area contributed by atoms with Crippen molar-refractivity contribution in [1.82, 2.24) is 19.9 Å². The van der Waals surface area contributed by atoms with Crippen LogP contribution in [0.15, 0.2) is 10.8 Å². The third-order valence-electron chi connectivity index (χ3n) is 2.91. The molecule has 0 unspecified atom stereocenters. The fourth-order valence-corrected chi connectivity index (χ4v) is 2.15. The van der Waals surface area contributed by atoms with E-state index in [-0.39, 0.29) is 6.61 Å². The van der Waals surface area contributed by atoms with Crippen molar-refractivity contribution in [3.63, 3.8) is 0 Å². The van der Waals surface area contributed by atoms with E-state index in [4.69, 9.17) is 16.6 Å². The van der Waals surface area contributed by atoms with E-state index in [1.807, 2.05) is 0 Å². The number of nitrogens with zero attached hydrogens (tertiary/aromatic N) is 4. The van der Waals surface area contributed by atoms with Crippen LogP contribution in [-0.2, 0) is 17.1 Å². The molecule has 0 saturated heterocycles. The van der Waals surface area contributed by atoms with Gasteiger partial charge >= 0.3 is 24.3 Å². The van der Waals surface area contributed by atoms with E-state index in [0.717, 1.165) is 0 Å². The SMILES string of the molecule is CCOC(=O)c1ncc(C(F)(F)F)nc1N.Nc1nc(C(F)(F)F)c(Br)nc1C(=O)O. The van der Waals surface area contributed by atoms with Crippen LogP contribution in [0.2, 0.25) is 0 Å². The van der Waals surface area contributed by atoms with Crippen molar-refractivity contribution < 1.29 is 45.8 Å². The fraction of sp³-hybridized carbons (Fsp3) is 0.286. The first kappa shape index (κ1) is 25.8. The molecule has 0 bridgehead atoms. The van der Waals surface area contributed by atoms with E-state index in [1.54, 1.807) is 6.92 Å². The minimum atomic E-state index is -4.74. The molecule has 10 nitrogen and oxygen atoms in total. The summed E-state index contributed by atoms with van der Waals surface area (Å²) in [6, 6.07) is 0. The standard InChI is InChI=1S/C8H8F3N3O2.C6H3BrF3N3O2/c1-2-16-7(15)5-6(12)14-4(3-13-5)8(9,10)11;7-3-2(6(8,9)10)13-4(11)1(12-3)5(14)15/h3H,2H2,1H3,(H2,12,14);(H2,11,13)(H,14,15). The number of hydrogen-bond acceptors (Lipinski definition) is 9. The number of aromatic carboxylic acids is 1. The van der Waals surface area contributed by atoms with Gasteiger partial charge in [-0.3, -0.25) is 0 Å². The van der Waals surface area contributed by atoms with Gasteiger partial charge in [0, 0.05) is 0 Å². The maximum absolute atomic E-state index is 12.2. The maximum Gasteiger partial charge on any atom is 0.436 e. The number of carbonyl (C=O) groups excluding carboxylic acids is 1. The molecule has 170 valence electrons. The summed E-state index contributed by atoms with van der Waals surface area (Å²) in [5, 5.41) is 8.50. The number of anilines is 2. The summed E-state index contributed by atoms with van der Waals surface area (Å²) in [4.78, 5) is 34.0. The van der Waals surface area contributed by atoms with Gasteiger partial charge in [-0.15, -0.1) is 0 Å². The van der Waals surface area contributed by atoms with Crippen molar-refractivity contribution >= 4 is 39.5 Å². The Labute approximate surface area is 176 Å². The first-order chi connectivity index (χ1) is 14.1. The van der Waals surface area contributed by atoms with Crippen LogP contribution in [0.25, 0.3) is 0 Å². The molecule has 0 aliphatic heterocycles. The number of carboxylic acids is 1. The Morgan fingerprint density at radius 3 is 2.00 bits per heavy atom. The minimum Gasteiger partial charge on any atom is -0.476 e. The Balaban J connectivity index is 0.000000311. The average Bonchev–Trinajstić information content (AvgIpc) is 2.62. The molecule has 0 atom stereocenters. The Morgan fingerprint density at radius 1 is 1.03 bits per heavy atom. The van der Waals surface area contributed by atoms with Gasteiger partial charge in [-0.1, -0.05) is 0 Å². The van der Waals surface area contributed by atoms with Crippen molar-refractivity contribution in [1.29, 1.82) is 0 Å². The van der Waals surface area contributed by atoms with Crippen LogP contribution >= 0.6 is 15.9 Å². The summed E-state index contributed by atoms with van der Waals surface area (Å²) in [5.74, 6) is -3.83. The number of alkyl halides is 6. The lowest BCUT2D eigenvalue weighted by atomic mass is 10.3. The van der Waals surface area contributed by atoms with Crippen LogP contribution in [0.4, 0.5) is 38.0 Å². The molecular weight excluding hydrogens is 510 g/mol. The van der Waals surface area contributed by atoms with Crippen molar-refractivity contribution in [2.45, 2.75) is 19.3 Å². The molecule has 0 aliphatic rings. The summed E-state index contributed by atoms with van der Waals surface area (Å²) >= 11 is 2.47. The second-order valence-corrected chi connectivity index (χ2v) is 5.86. The summed E-state index contributed by atoms with van der Waals surface area (Å²) < 4.78 is 77.0. The van der Waals surface area contributed by atoms with E-state index < -0.39 is 63.3 Å². The number of hydrogen-bond donors (Lipinski definition) is 3. The highest BCUT2D eigenvalue weighted by molar-refractivity contribution is 9.10. The van der Waals surface area contributed by atoms with Gasteiger partial charge in [0.25, 0.3) is 0 Å². The Bertz CT molecular complexity index is 985. The second kappa shape index (κ2) is 9.71. The van der Waals surface area contributed by atoms with E-state index >= 15 is 0 Å². The molecule has 0 fully saturated rings. The van der Waals surface area contributed by atoms with Gasteiger partial charge in [0.05, 0.1) is 12.8 Å². The molecule has 0 saturated carbocycles. The third-order valence-corrected chi connectivity index (χ3v) is 3.46. The molecule has 2 rings (SSSR count). The maximum atomic E-state index is 12.2. The van der Waals surface area contributed by atoms with Crippen LogP contribution in [0.3, 0.4) is 0 Å². The Hall–Kier alpha value is -3.24. The lowest BCUT2D eigenvalue weighted by molar-refractivity contribution is -0.142. The van der Waals surface area contributed by atoms with Crippen LogP contribution in [0.5, 0.6) is 0 Å². The minimum absolute atomic E-state index is 0.0704. The van der Waals surface area contributed by atoms with Gasteiger partial charge in [-0.05, 0) is 22.9 Å². The van der Waals surface area contributed by atoms with Gasteiger partial charge in [0.1, 0.15) is 4.60 Å². The first-order valence-corrected chi connectivity index (χ1v) is 8.39. The molecule has 31 heavy (non-hydrogen) atoms. The molecule has 0 aliphatic carbocycles. The van der Waals surface area contributed by atoms with Crippen molar-refractivity contribution in [3.8, 4) is 0 Å². The lowest BCUT2D eigenvalue weighted by Crippen LogP contribution is -2.16. The monoisotopic (exact) mass is 520 g/mol. The highest BCUT2D eigenvalue weighted by Gasteiger charge is 2.37. The normalized spacial score (nSPS) is 11.4. The van der Waals surface area contributed by atoms with Crippen LogP contribution in [-0.4, -0.2) is 43.6 Å². The number of esters is 1. The average molecular weight is 521 g/mol. The molecule has 2 heterocycles. The number of ether oxygens (including phenoxy) is 1. The smallest absolute Gasteiger partial charge is 0.436 e. The number of nitrogen functional groups attached to an aromatic ring is 2. The summed E-state index contributed by atoms with van der Waals surface area (Å²) in [6.07, 6.45) is -8.95. The predicted octanol–water partition coefficient (Wildman–Crippen LogP) is 2.79. The zero-order valence-corrected chi connectivity index (χ0v) is 16.6. The molecule has 2 aromatic rings. The van der Waals surface area contributed by atoms with Gasteiger partial charge in [-0.2, -0.15) is 26.3 Å². The number of rotatable bonds is 3. The topological polar surface area (TPSA) is 167 Å². The van der Waals surface area contributed by atoms with Gasteiger partial charge in [-0.25, -0.2) is 29.5 Å². The second-order valence-electron chi connectivity index (χ2n) is 5.11. The number of carbonyl (C=O) groups is 2. The third kappa shape index (κ3) is 6.90. The van der Waals surface area contributed by atoms with Crippen molar-refractivity contribution in [3.05, 3.63) is 33.6 Å². The molecule has 0 amide bonds. The predicted molar refractivity (Wildman–Crippen MR) is 93.5 cm³/mol. The summed E-state index contributed by atoms with van der Waals surface area (Å²) in [5.41, 5.74) is 6.43. The van der Waals surface area contributed by atoms with Gasteiger partial charge in [0.15, 0.2) is 34.4 Å². The quantitative estimate of drug-likeness (QED) is 0.404. The molecule has 0 radical (unpaired) electrons. The number of aromatic nitrogens is 4. The van der Waals surface area contributed by atoms with E-state index in [0.29, 0.717) is 6.20 Å². The van der Waals surface area contributed by atoms with Crippen molar-refractivity contribution in [2.24, 2.45) is 0 Å². The molecule has 5 N–H and O–H groups in total. The van der Waals surface area contributed by atoms with E-state index in [2.05, 4.69) is 40.6 Å². The van der Waals surface area contributed by atoms with Gasteiger partial charge < -0.3 is 21.3 Å². The number of halogens is 7. The van der Waals surface area contributed by atoms with E-state index in [1.165, 1.54) is 0 Å². The Morgan fingerprint density at radius 2 is 1.58 bits per heavy atom. The first-order valence-electron chi connectivity index (χ1n) is 7.59. The molecule has 2 aromatic heterocycles. The highest BCUT2D eigenvalue weighted by Crippen LogP contribution is 2.33. The zero-order chi connectivity index (χ0) is 24.1. The summed E-state index contributed by atoms with van der Waals surface area (Å²) in [6.45, 7) is 1.62.